The van der Waals surface area contributed by atoms with Crippen LogP contribution in [-0.4, -0.2) is 46.7 Å². The zero-order valence-corrected chi connectivity index (χ0v) is 16.2. The van der Waals surface area contributed by atoms with Gasteiger partial charge in [0.15, 0.2) is 5.82 Å². The van der Waals surface area contributed by atoms with Gasteiger partial charge in [-0.3, -0.25) is 0 Å². The van der Waals surface area contributed by atoms with Gasteiger partial charge in [0.2, 0.25) is 0 Å². The first kappa shape index (κ1) is 17.4. The van der Waals surface area contributed by atoms with E-state index >= 15 is 0 Å². The van der Waals surface area contributed by atoms with Gasteiger partial charge in [-0.05, 0) is 64.3 Å². The molecule has 0 atom stereocenters. The van der Waals surface area contributed by atoms with Crippen molar-refractivity contribution in [3.8, 4) is 12.3 Å². The molecule has 2 aromatic heterocycles. The molecule has 4 heterocycles. The Hall–Kier alpha value is -1.99. The van der Waals surface area contributed by atoms with Crippen LogP contribution < -0.4 is 4.90 Å². The molecule has 2 aliphatic heterocycles. The van der Waals surface area contributed by atoms with Crippen LogP contribution in [0.5, 0.6) is 0 Å². The Bertz CT molecular complexity index is 815. The third-order valence-electron chi connectivity index (χ3n) is 6.45. The second-order valence-electron chi connectivity index (χ2n) is 7.85. The summed E-state index contributed by atoms with van der Waals surface area (Å²) >= 11 is 0. The first-order chi connectivity index (χ1) is 12.7. The van der Waals surface area contributed by atoms with Crippen molar-refractivity contribution in [2.45, 2.75) is 58.5 Å². The molecule has 0 spiro atoms. The number of aryl methyl sites for hydroxylation is 1. The molecule has 0 saturated carbocycles. The van der Waals surface area contributed by atoms with Crippen LogP contribution in [0.3, 0.4) is 0 Å². The molecule has 0 aromatic carbocycles. The van der Waals surface area contributed by atoms with E-state index in [2.05, 4.69) is 40.2 Å². The number of piperidine rings is 2. The van der Waals surface area contributed by atoms with Gasteiger partial charge in [-0.1, -0.05) is 12.3 Å². The quantitative estimate of drug-likeness (QED) is 0.788. The molecule has 138 valence electrons. The Morgan fingerprint density at radius 1 is 1.12 bits per heavy atom. The molecule has 2 fully saturated rings. The number of fused-ring (bicyclic) bond motifs is 1. The van der Waals surface area contributed by atoms with Gasteiger partial charge in [0, 0.05) is 36.4 Å². The molecule has 0 aliphatic carbocycles. The van der Waals surface area contributed by atoms with Crippen molar-refractivity contribution in [2.24, 2.45) is 0 Å². The lowest BCUT2D eigenvalue weighted by atomic mass is 10.00. The van der Waals surface area contributed by atoms with Gasteiger partial charge >= 0.3 is 0 Å². The number of pyridine rings is 1. The lowest BCUT2D eigenvalue weighted by molar-refractivity contribution is 0.141. The van der Waals surface area contributed by atoms with E-state index in [4.69, 9.17) is 11.4 Å². The summed E-state index contributed by atoms with van der Waals surface area (Å²) in [7, 11) is 0. The third kappa shape index (κ3) is 2.99. The van der Waals surface area contributed by atoms with Crippen molar-refractivity contribution in [3.63, 3.8) is 0 Å². The van der Waals surface area contributed by atoms with Gasteiger partial charge in [-0.25, -0.2) is 4.98 Å². The largest absolute Gasteiger partial charge is 0.355 e. The zero-order valence-electron chi connectivity index (χ0n) is 16.2. The van der Waals surface area contributed by atoms with Crippen LogP contribution in [0.15, 0.2) is 12.3 Å². The Balaban J connectivity index is 1.60. The average Bonchev–Trinajstić information content (AvgIpc) is 2.94. The average molecular weight is 351 g/mol. The summed E-state index contributed by atoms with van der Waals surface area (Å²) in [5.74, 6) is 3.94. The fourth-order valence-corrected chi connectivity index (χ4v) is 4.82. The highest BCUT2D eigenvalue weighted by atomic mass is 15.2. The minimum absolute atomic E-state index is 0.610. The number of rotatable bonds is 3. The summed E-state index contributed by atoms with van der Waals surface area (Å²) in [6.07, 6.45) is 14.2. The summed E-state index contributed by atoms with van der Waals surface area (Å²) < 4.78 is 2.27. The van der Waals surface area contributed by atoms with Crippen molar-refractivity contribution < 1.29 is 0 Å². The van der Waals surface area contributed by atoms with E-state index in [-0.39, 0.29) is 0 Å². The summed E-state index contributed by atoms with van der Waals surface area (Å²) in [6, 6.07) is 2.89. The predicted octanol–water partition coefficient (Wildman–Crippen LogP) is 3.74. The number of hydrogen-bond acceptors (Lipinski definition) is 3. The van der Waals surface area contributed by atoms with Crippen LogP contribution in [-0.2, 0) is 6.54 Å². The van der Waals surface area contributed by atoms with Crippen LogP contribution in [0.1, 0.15) is 43.4 Å². The maximum absolute atomic E-state index is 5.65. The summed E-state index contributed by atoms with van der Waals surface area (Å²) in [5, 5.41) is 1.29. The second kappa shape index (κ2) is 7.32. The van der Waals surface area contributed by atoms with Gasteiger partial charge in [0.1, 0.15) is 0 Å². The molecule has 0 radical (unpaired) electrons. The highest BCUT2D eigenvalue weighted by molar-refractivity contribution is 5.93. The number of terminal acetylenes is 1. The molecule has 4 heteroatoms. The molecule has 2 aliphatic rings. The second-order valence-corrected chi connectivity index (χ2v) is 7.85. The molecule has 0 N–H and O–H groups in total. The molecule has 2 saturated heterocycles. The van der Waals surface area contributed by atoms with Crippen LogP contribution >= 0.6 is 0 Å². The molecule has 4 nitrogen and oxygen atoms in total. The third-order valence-corrected chi connectivity index (χ3v) is 6.45. The van der Waals surface area contributed by atoms with Crippen molar-refractivity contribution in [1.29, 1.82) is 0 Å². The maximum atomic E-state index is 5.65. The number of nitrogens with zero attached hydrogens (tertiary/aromatic N) is 4. The lowest BCUT2D eigenvalue weighted by Gasteiger charge is -2.40. The first-order valence-corrected chi connectivity index (χ1v) is 10.1. The number of aromatic nitrogens is 2. The van der Waals surface area contributed by atoms with Crippen LogP contribution in [0, 0.1) is 26.2 Å². The molecule has 2 aromatic rings. The smallest absolute Gasteiger partial charge is 0.153 e. The topological polar surface area (TPSA) is 24.3 Å². The number of likely N-dealkylation sites (tertiary alicyclic amines) is 1. The van der Waals surface area contributed by atoms with Gasteiger partial charge in [0.25, 0.3) is 0 Å². The van der Waals surface area contributed by atoms with Crippen LogP contribution in [0.2, 0.25) is 0 Å². The standard InChI is InChI=1S/C22H30N4/c1-4-12-26-18(3)17(2)20-8-11-23-22(21(20)26)25-15-9-19(10-16-25)24-13-6-5-7-14-24/h1,8,11,19H,5-7,9-10,12-16H2,2-3H3. The molecule has 4 rings (SSSR count). The van der Waals surface area contributed by atoms with Crippen LogP contribution in [0.25, 0.3) is 10.9 Å². The van der Waals surface area contributed by atoms with Crippen molar-refractivity contribution in [1.82, 2.24) is 14.5 Å². The van der Waals surface area contributed by atoms with E-state index < -0.39 is 0 Å². The van der Waals surface area contributed by atoms with E-state index in [1.54, 1.807) is 0 Å². The van der Waals surface area contributed by atoms with E-state index in [1.807, 2.05) is 6.20 Å². The summed E-state index contributed by atoms with van der Waals surface area (Å²) in [5.41, 5.74) is 3.80. The van der Waals surface area contributed by atoms with Crippen molar-refractivity contribution >= 4 is 16.7 Å². The maximum Gasteiger partial charge on any atom is 0.153 e. The predicted molar refractivity (Wildman–Crippen MR) is 109 cm³/mol. The fraction of sp³-hybridized carbons (Fsp3) is 0.591. The molecule has 0 unspecified atom stereocenters. The van der Waals surface area contributed by atoms with E-state index in [0.29, 0.717) is 6.54 Å². The first-order valence-electron chi connectivity index (χ1n) is 10.1. The molecular weight excluding hydrogens is 320 g/mol. The Labute approximate surface area is 157 Å². The lowest BCUT2D eigenvalue weighted by Crippen LogP contribution is -2.47. The highest BCUT2D eigenvalue weighted by Crippen LogP contribution is 2.33. The normalized spacial score (nSPS) is 19.8. The van der Waals surface area contributed by atoms with E-state index in [0.717, 1.165) is 24.9 Å². The molecular formula is C22H30N4. The zero-order chi connectivity index (χ0) is 18.1. The van der Waals surface area contributed by atoms with E-state index in [1.165, 1.54) is 67.4 Å². The SMILES string of the molecule is C#CCn1c(C)c(C)c2ccnc(N3CCC(N4CCCCC4)CC3)c21. The Kier molecular flexibility index (Phi) is 4.91. The van der Waals surface area contributed by atoms with Gasteiger partial charge in [0.05, 0.1) is 12.1 Å². The van der Waals surface area contributed by atoms with Gasteiger partial charge < -0.3 is 14.4 Å². The fourth-order valence-electron chi connectivity index (χ4n) is 4.82. The number of anilines is 1. The molecule has 0 amide bonds. The molecule has 26 heavy (non-hydrogen) atoms. The molecule has 0 bridgehead atoms. The van der Waals surface area contributed by atoms with Gasteiger partial charge in [-0.2, -0.15) is 0 Å². The van der Waals surface area contributed by atoms with Crippen molar-refractivity contribution in [3.05, 3.63) is 23.5 Å². The minimum Gasteiger partial charge on any atom is -0.355 e. The monoisotopic (exact) mass is 350 g/mol. The van der Waals surface area contributed by atoms with Crippen molar-refractivity contribution in [2.75, 3.05) is 31.1 Å². The summed E-state index contributed by atoms with van der Waals surface area (Å²) in [4.78, 5) is 10.00. The Morgan fingerprint density at radius 3 is 2.54 bits per heavy atom. The number of hydrogen-bond donors (Lipinski definition) is 0. The highest BCUT2D eigenvalue weighted by Gasteiger charge is 2.27. The minimum atomic E-state index is 0.610. The Morgan fingerprint density at radius 2 is 1.85 bits per heavy atom. The van der Waals surface area contributed by atoms with Crippen LogP contribution in [0.4, 0.5) is 5.82 Å². The van der Waals surface area contributed by atoms with E-state index in [9.17, 15) is 0 Å². The van der Waals surface area contributed by atoms with Gasteiger partial charge in [-0.15, -0.1) is 6.42 Å². The summed E-state index contributed by atoms with van der Waals surface area (Å²) in [6.45, 7) is 9.73.